The lowest BCUT2D eigenvalue weighted by atomic mass is 10.1. The summed E-state index contributed by atoms with van der Waals surface area (Å²) < 4.78 is 63.4. The van der Waals surface area contributed by atoms with E-state index in [1.165, 1.54) is 6.07 Å². The van der Waals surface area contributed by atoms with Crippen LogP contribution in [0.5, 0.6) is 0 Å². The maximum absolute atomic E-state index is 12.6. The molecule has 4 nitrogen and oxygen atoms in total. The number of nitrogens with one attached hydrogen (secondary N) is 1. The molecule has 1 fully saturated rings. The monoisotopic (exact) mass is 294 g/mol. The second kappa shape index (κ2) is 4.59. The van der Waals surface area contributed by atoms with Crippen molar-refractivity contribution in [2.24, 2.45) is 5.92 Å². The van der Waals surface area contributed by atoms with Crippen LogP contribution in [0.3, 0.4) is 0 Å². The van der Waals surface area contributed by atoms with Gasteiger partial charge in [-0.2, -0.15) is 13.2 Å². The molecule has 0 radical (unpaired) electrons. The van der Waals surface area contributed by atoms with Crippen molar-refractivity contribution in [3.05, 3.63) is 23.8 Å². The van der Waals surface area contributed by atoms with Gasteiger partial charge in [0.05, 0.1) is 11.3 Å². The molecule has 0 aliphatic heterocycles. The Labute approximate surface area is 108 Å². The van der Waals surface area contributed by atoms with Gasteiger partial charge in [-0.3, -0.25) is 4.72 Å². The number of nitrogens with two attached hydrogens (primary N) is 1. The Morgan fingerprint density at radius 2 is 1.95 bits per heavy atom. The summed E-state index contributed by atoms with van der Waals surface area (Å²) in [6, 6.07) is 2.96. The number of hydrogen-bond acceptors (Lipinski definition) is 3. The average Bonchev–Trinajstić information content (AvgIpc) is 3.02. The molecule has 19 heavy (non-hydrogen) atoms. The van der Waals surface area contributed by atoms with Crippen LogP contribution in [0, 0.1) is 5.92 Å². The number of hydrogen-bond donors (Lipinski definition) is 2. The lowest BCUT2D eigenvalue weighted by Crippen LogP contribution is -2.18. The molecule has 0 heterocycles. The van der Waals surface area contributed by atoms with Gasteiger partial charge >= 0.3 is 6.18 Å². The predicted molar refractivity (Wildman–Crippen MR) is 66.0 cm³/mol. The number of nitrogen functional groups attached to an aromatic ring is 1. The third kappa shape index (κ3) is 3.76. The van der Waals surface area contributed by atoms with Crippen LogP contribution in [-0.2, 0) is 16.2 Å². The first-order chi connectivity index (χ1) is 8.67. The normalized spacial score (nSPS) is 16.4. The highest BCUT2D eigenvalue weighted by Gasteiger charge is 2.34. The van der Waals surface area contributed by atoms with Gasteiger partial charge in [-0.1, -0.05) is 0 Å². The first-order valence-corrected chi connectivity index (χ1v) is 7.30. The molecule has 1 aromatic rings. The molecule has 0 unspecified atom stereocenters. The van der Waals surface area contributed by atoms with Gasteiger partial charge in [0.1, 0.15) is 0 Å². The molecule has 3 N–H and O–H groups in total. The van der Waals surface area contributed by atoms with Crippen LogP contribution in [0.1, 0.15) is 18.4 Å². The van der Waals surface area contributed by atoms with E-state index < -0.39 is 27.5 Å². The van der Waals surface area contributed by atoms with Gasteiger partial charge in [0, 0.05) is 11.4 Å². The fourth-order valence-corrected chi connectivity index (χ4v) is 3.20. The third-order valence-electron chi connectivity index (χ3n) is 2.78. The maximum Gasteiger partial charge on any atom is 0.418 e. The van der Waals surface area contributed by atoms with Crippen molar-refractivity contribution < 1.29 is 21.6 Å². The van der Waals surface area contributed by atoms with E-state index in [2.05, 4.69) is 4.72 Å². The highest BCUT2D eigenvalue weighted by atomic mass is 32.2. The molecule has 8 heteroatoms. The van der Waals surface area contributed by atoms with E-state index in [-0.39, 0.29) is 17.4 Å². The molecule has 0 aromatic heterocycles. The van der Waals surface area contributed by atoms with Crippen LogP contribution in [-0.4, -0.2) is 14.2 Å². The smallest absolute Gasteiger partial charge is 0.398 e. The molecule has 106 valence electrons. The van der Waals surface area contributed by atoms with Crippen LogP contribution in [0.15, 0.2) is 18.2 Å². The Balaban J connectivity index is 2.21. The fraction of sp³-hybridized carbons (Fsp3) is 0.455. The molecule has 0 saturated heterocycles. The van der Waals surface area contributed by atoms with Gasteiger partial charge in [0.2, 0.25) is 10.0 Å². The van der Waals surface area contributed by atoms with E-state index in [4.69, 9.17) is 5.73 Å². The summed E-state index contributed by atoms with van der Waals surface area (Å²) in [5.74, 6) is 0.0620. The molecule has 1 aromatic carbocycles. The summed E-state index contributed by atoms with van der Waals surface area (Å²) in [6.45, 7) is 0. The zero-order valence-electron chi connectivity index (χ0n) is 9.87. The number of benzene rings is 1. The van der Waals surface area contributed by atoms with Crippen molar-refractivity contribution in [2.45, 2.75) is 19.0 Å². The number of rotatable bonds is 4. The van der Waals surface area contributed by atoms with Gasteiger partial charge in [0.15, 0.2) is 0 Å². The minimum absolute atomic E-state index is 0.0568. The first-order valence-electron chi connectivity index (χ1n) is 5.64. The van der Waals surface area contributed by atoms with E-state index in [0.29, 0.717) is 6.07 Å². The van der Waals surface area contributed by atoms with Crippen molar-refractivity contribution in [2.75, 3.05) is 16.2 Å². The maximum atomic E-state index is 12.6. The lowest BCUT2D eigenvalue weighted by molar-refractivity contribution is -0.136. The van der Waals surface area contributed by atoms with Gasteiger partial charge in [-0.05, 0) is 37.0 Å². The largest absolute Gasteiger partial charge is 0.418 e. The van der Waals surface area contributed by atoms with Crippen LogP contribution in [0.4, 0.5) is 24.5 Å². The Bertz CT molecular complexity index is 580. The van der Waals surface area contributed by atoms with Gasteiger partial charge in [0.25, 0.3) is 0 Å². The van der Waals surface area contributed by atoms with Crippen LogP contribution in [0.2, 0.25) is 0 Å². The summed E-state index contributed by atoms with van der Waals surface area (Å²) in [5, 5.41) is 0. The van der Waals surface area contributed by atoms with Crippen LogP contribution >= 0.6 is 0 Å². The van der Waals surface area contributed by atoms with E-state index in [1.807, 2.05) is 0 Å². The van der Waals surface area contributed by atoms with E-state index in [1.54, 1.807) is 0 Å². The van der Waals surface area contributed by atoms with Crippen molar-refractivity contribution >= 4 is 21.4 Å². The zero-order valence-corrected chi connectivity index (χ0v) is 10.7. The third-order valence-corrected chi connectivity index (χ3v) is 4.24. The summed E-state index contributed by atoms with van der Waals surface area (Å²) >= 11 is 0. The van der Waals surface area contributed by atoms with Crippen LogP contribution < -0.4 is 10.5 Å². The number of alkyl halides is 3. The highest BCUT2D eigenvalue weighted by molar-refractivity contribution is 7.92. The SMILES string of the molecule is Nc1ccc(NS(=O)(=O)CC2CC2)cc1C(F)(F)F. The second-order valence-corrected chi connectivity index (χ2v) is 6.39. The fourth-order valence-electron chi connectivity index (χ4n) is 1.68. The minimum Gasteiger partial charge on any atom is -0.398 e. The number of anilines is 2. The second-order valence-electron chi connectivity index (χ2n) is 4.63. The van der Waals surface area contributed by atoms with Crippen LogP contribution in [0.25, 0.3) is 0 Å². The lowest BCUT2D eigenvalue weighted by Gasteiger charge is -2.13. The highest BCUT2D eigenvalue weighted by Crippen LogP contribution is 2.36. The molecule has 1 aliphatic carbocycles. The number of halogens is 3. The quantitative estimate of drug-likeness (QED) is 0.838. The van der Waals surface area contributed by atoms with E-state index >= 15 is 0 Å². The summed E-state index contributed by atoms with van der Waals surface area (Å²) in [7, 11) is -3.60. The molecule has 0 bridgehead atoms. The Morgan fingerprint density at radius 3 is 2.47 bits per heavy atom. The molecule has 1 aliphatic rings. The topological polar surface area (TPSA) is 72.2 Å². The van der Waals surface area contributed by atoms with E-state index in [9.17, 15) is 21.6 Å². The molecule has 0 amide bonds. The summed E-state index contributed by atoms with van der Waals surface area (Å²) in [5.41, 5.74) is 3.63. The molecular formula is C11H13F3N2O2S. The first kappa shape index (κ1) is 14.0. The van der Waals surface area contributed by atoms with Gasteiger partial charge in [-0.25, -0.2) is 8.42 Å². The predicted octanol–water partition coefficient (Wildman–Crippen LogP) is 2.44. The van der Waals surface area contributed by atoms with Crippen molar-refractivity contribution in [1.82, 2.24) is 0 Å². The Morgan fingerprint density at radius 1 is 1.32 bits per heavy atom. The Kier molecular flexibility index (Phi) is 3.38. The number of sulfonamides is 1. The molecule has 0 spiro atoms. The van der Waals surface area contributed by atoms with Crippen molar-refractivity contribution in [1.29, 1.82) is 0 Å². The molecule has 0 atom stereocenters. The average molecular weight is 294 g/mol. The summed E-state index contributed by atoms with van der Waals surface area (Å²) in [4.78, 5) is 0. The molecule has 2 rings (SSSR count). The van der Waals surface area contributed by atoms with E-state index in [0.717, 1.165) is 18.9 Å². The van der Waals surface area contributed by atoms with Gasteiger partial charge in [-0.15, -0.1) is 0 Å². The summed E-state index contributed by atoms with van der Waals surface area (Å²) in [6.07, 6.45) is -2.92. The van der Waals surface area contributed by atoms with Gasteiger partial charge < -0.3 is 5.73 Å². The van der Waals surface area contributed by atoms with Crippen molar-refractivity contribution in [3.63, 3.8) is 0 Å². The molecular weight excluding hydrogens is 281 g/mol. The minimum atomic E-state index is -4.61. The Hall–Kier alpha value is -1.44. The standard InChI is InChI=1S/C11H13F3N2O2S/c12-11(13,14)9-5-8(3-4-10(9)15)16-19(17,18)6-7-1-2-7/h3-5,7,16H,1-2,6,15H2. The zero-order chi connectivity index (χ0) is 14.3. The molecule has 1 saturated carbocycles. The van der Waals surface area contributed by atoms with Crippen molar-refractivity contribution in [3.8, 4) is 0 Å².